The van der Waals surface area contributed by atoms with Crippen molar-refractivity contribution in [3.8, 4) is 0 Å². The number of carbonyl (C=O) groups is 1. The van der Waals surface area contributed by atoms with Gasteiger partial charge >= 0.3 is 6.03 Å². The summed E-state index contributed by atoms with van der Waals surface area (Å²) in [6, 6.07) is 6.92. The van der Waals surface area contributed by atoms with Gasteiger partial charge in [-0.25, -0.2) is 19.2 Å². The Kier molecular flexibility index (Phi) is 5.80. The molecule has 0 unspecified atom stereocenters. The summed E-state index contributed by atoms with van der Waals surface area (Å²) in [4.78, 5) is 24.6. The number of benzene rings is 1. The lowest BCUT2D eigenvalue weighted by atomic mass is 10.1. The molecule has 2 aromatic heterocycles. The van der Waals surface area contributed by atoms with E-state index in [9.17, 15) is 14.3 Å². The number of fused-ring (bicyclic) bond motifs is 1. The van der Waals surface area contributed by atoms with Gasteiger partial charge in [-0.1, -0.05) is 17.4 Å². The number of aromatic nitrogens is 2. The number of amides is 2. The summed E-state index contributed by atoms with van der Waals surface area (Å²) in [6.07, 6.45) is 0.195. The number of aliphatic hydroxyl groups excluding tert-OH is 2. The van der Waals surface area contributed by atoms with E-state index in [1.807, 2.05) is 25.1 Å². The lowest BCUT2D eigenvalue weighted by Crippen LogP contribution is -2.50. The highest BCUT2D eigenvalue weighted by Crippen LogP contribution is 2.27. The topological polar surface area (TPSA) is 102 Å². The maximum Gasteiger partial charge on any atom is 0.323 e. The van der Waals surface area contributed by atoms with E-state index in [1.165, 1.54) is 23.6 Å². The Balaban J connectivity index is 1.37. The second-order valence-corrected chi connectivity index (χ2v) is 8.20. The van der Waals surface area contributed by atoms with Crippen molar-refractivity contribution >= 4 is 38.5 Å². The highest BCUT2D eigenvalue weighted by Gasteiger charge is 2.25. The smallest absolute Gasteiger partial charge is 0.323 e. The van der Waals surface area contributed by atoms with E-state index in [0.29, 0.717) is 31.3 Å². The monoisotopic (exact) mass is 431 g/mol. The molecule has 1 atom stereocenters. The molecule has 0 aliphatic carbocycles. The van der Waals surface area contributed by atoms with Crippen LogP contribution < -0.4 is 10.2 Å². The molecule has 30 heavy (non-hydrogen) atoms. The van der Waals surface area contributed by atoms with Crippen LogP contribution in [0, 0.1) is 12.7 Å². The number of nitrogens with one attached hydrogen (secondary N) is 1. The minimum absolute atomic E-state index is 0.172. The van der Waals surface area contributed by atoms with Gasteiger partial charge in [0.1, 0.15) is 6.10 Å². The van der Waals surface area contributed by atoms with Crippen LogP contribution >= 0.6 is 11.3 Å². The number of pyridine rings is 1. The first kappa shape index (κ1) is 20.5. The van der Waals surface area contributed by atoms with Crippen LogP contribution in [0.1, 0.15) is 17.2 Å². The summed E-state index contributed by atoms with van der Waals surface area (Å²) in [5.41, 5.74) is 2.20. The number of aliphatic hydroxyl groups is 2. The quantitative estimate of drug-likeness (QED) is 0.587. The molecule has 0 bridgehead atoms. The van der Waals surface area contributed by atoms with Crippen LogP contribution in [0.4, 0.5) is 20.1 Å². The number of rotatable bonds is 4. The largest absolute Gasteiger partial charge is 0.393 e. The highest BCUT2D eigenvalue weighted by molar-refractivity contribution is 7.22. The van der Waals surface area contributed by atoms with E-state index in [4.69, 9.17) is 5.11 Å². The minimum Gasteiger partial charge on any atom is -0.393 e. The number of urea groups is 1. The first-order valence-corrected chi connectivity index (χ1v) is 10.4. The molecular weight excluding hydrogens is 409 g/mol. The van der Waals surface area contributed by atoms with E-state index < -0.39 is 18.5 Å². The maximum atomic E-state index is 14.4. The van der Waals surface area contributed by atoms with Crippen molar-refractivity contribution in [2.45, 2.75) is 13.0 Å². The Morgan fingerprint density at radius 1 is 1.30 bits per heavy atom. The zero-order valence-corrected chi connectivity index (χ0v) is 17.2. The lowest BCUT2D eigenvalue weighted by Gasteiger charge is -2.35. The van der Waals surface area contributed by atoms with Crippen LogP contribution in [-0.2, 0) is 0 Å². The number of hydrogen-bond donors (Lipinski definition) is 3. The van der Waals surface area contributed by atoms with Crippen LogP contribution in [0.15, 0.2) is 30.5 Å². The number of thiazole rings is 1. The molecule has 1 aliphatic rings. The standard InChI is InChI=1S/C20H22FN5O3S/c1-12-2-3-17-15(8-12)23-19(30-17)24-20(29)26-6-4-25(5-7-26)18-14(21)9-13(10-22-18)16(28)11-27/h2-3,8-10,16,27-28H,4-7,11H2,1H3,(H,23,24,29)/t16-/m0/s1. The third-order valence-electron chi connectivity index (χ3n) is 5.02. The third kappa shape index (κ3) is 4.20. The zero-order valence-electron chi connectivity index (χ0n) is 16.4. The summed E-state index contributed by atoms with van der Waals surface area (Å²) in [5, 5.41) is 22.0. The Morgan fingerprint density at radius 3 is 2.77 bits per heavy atom. The molecule has 1 fully saturated rings. The molecule has 0 saturated carbocycles. The fourth-order valence-electron chi connectivity index (χ4n) is 3.35. The summed E-state index contributed by atoms with van der Waals surface area (Å²) in [6.45, 7) is 3.19. The molecule has 1 saturated heterocycles. The van der Waals surface area contributed by atoms with Gasteiger partial charge in [0.15, 0.2) is 16.8 Å². The summed E-state index contributed by atoms with van der Waals surface area (Å²) >= 11 is 1.43. The van der Waals surface area contributed by atoms with E-state index in [-0.39, 0.29) is 17.4 Å². The molecule has 1 aromatic carbocycles. The maximum absolute atomic E-state index is 14.4. The molecule has 3 heterocycles. The second kappa shape index (κ2) is 8.50. The number of aryl methyl sites for hydroxylation is 1. The van der Waals surface area contributed by atoms with Crippen LogP contribution in [0.25, 0.3) is 10.2 Å². The first-order chi connectivity index (χ1) is 14.4. The molecule has 0 spiro atoms. The number of nitrogens with zero attached hydrogens (tertiary/aromatic N) is 4. The van der Waals surface area contributed by atoms with Gasteiger partial charge in [0, 0.05) is 37.9 Å². The number of anilines is 2. The van der Waals surface area contributed by atoms with Crippen molar-refractivity contribution in [1.82, 2.24) is 14.9 Å². The SMILES string of the molecule is Cc1ccc2sc(NC(=O)N3CCN(c4ncc([C@@H](O)CO)cc4F)CC3)nc2c1. The van der Waals surface area contributed by atoms with Crippen LogP contribution in [0.5, 0.6) is 0 Å². The second-order valence-electron chi connectivity index (χ2n) is 7.17. The Hall–Kier alpha value is -2.82. The van der Waals surface area contributed by atoms with Gasteiger partial charge in [-0.2, -0.15) is 0 Å². The molecule has 8 nitrogen and oxygen atoms in total. The van der Waals surface area contributed by atoms with Crippen molar-refractivity contribution in [1.29, 1.82) is 0 Å². The third-order valence-corrected chi connectivity index (χ3v) is 5.98. The number of halogens is 1. The Bertz CT molecular complexity index is 1070. The predicted molar refractivity (Wildman–Crippen MR) is 113 cm³/mol. The van der Waals surface area contributed by atoms with E-state index in [2.05, 4.69) is 15.3 Å². The van der Waals surface area contributed by atoms with E-state index >= 15 is 0 Å². The molecule has 10 heteroatoms. The number of hydrogen-bond acceptors (Lipinski definition) is 7. The van der Waals surface area contributed by atoms with Crippen molar-refractivity contribution < 1.29 is 19.4 Å². The Labute approximate surface area is 176 Å². The summed E-state index contributed by atoms with van der Waals surface area (Å²) in [5.74, 6) is -0.395. The van der Waals surface area contributed by atoms with E-state index in [0.717, 1.165) is 15.8 Å². The van der Waals surface area contributed by atoms with E-state index in [1.54, 1.807) is 9.80 Å². The van der Waals surface area contributed by atoms with Crippen molar-refractivity contribution in [3.63, 3.8) is 0 Å². The van der Waals surface area contributed by atoms with Crippen molar-refractivity contribution in [2.24, 2.45) is 0 Å². The fourth-order valence-corrected chi connectivity index (χ4v) is 4.18. The van der Waals surface area contributed by atoms with Crippen molar-refractivity contribution in [2.75, 3.05) is 43.0 Å². The molecule has 4 rings (SSSR count). The minimum atomic E-state index is -1.16. The molecule has 158 valence electrons. The molecule has 1 aliphatic heterocycles. The summed E-state index contributed by atoms with van der Waals surface area (Å²) < 4.78 is 15.4. The van der Waals surface area contributed by atoms with Crippen LogP contribution in [-0.4, -0.2) is 63.9 Å². The van der Waals surface area contributed by atoms with Crippen molar-refractivity contribution in [3.05, 3.63) is 47.4 Å². The average Bonchev–Trinajstić information content (AvgIpc) is 3.14. The van der Waals surface area contributed by atoms with Gasteiger partial charge in [-0.3, -0.25) is 5.32 Å². The molecule has 0 radical (unpaired) electrons. The van der Waals surface area contributed by atoms with Gasteiger partial charge in [-0.15, -0.1) is 0 Å². The average molecular weight is 431 g/mol. The van der Waals surface area contributed by atoms with Gasteiger partial charge in [0.2, 0.25) is 0 Å². The zero-order chi connectivity index (χ0) is 21.3. The van der Waals surface area contributed by atoms with Gasteiger partial charge in [0.25, 0.3) is 0 Å². The fraction of sp³-hybridized carbons (Fsp3) is 0.350. The van der Waals surface area contributed by atoms with Crippen LogP contribution in [0.2, 0.25) is 0 Å². The molecule has 3 N–H and O–H groups in total. The van der Waals surface area contributed by atoms with Gasteiger partial charge in [-0.05, 0) is 30.7 Å². The lowest BCUT2D eigenvalue weighted by molar-refractivity contribution is 0.0951. The normalized spacial score (nSPS) is 15.5. The summed E-state index contributed by atoms with van der Waals surface area (Å²) in [7, 11) is 0. The van der Waals surface area contributed by atoms with Crippen LogP contribution in [0.3, 0.4) is 0 Å². The molecule has 2 amide bonds. The molecular formula is C20H22FN5O3S. The Morgan fingerprint density at radius 2 is 2.07 bits per heavy atom. The first-order valence-electron chi connectivity index (χ1n) is 9.57. The van der Waals surface area contributed by atoms with Gasteiger partial charge in [0.05, 0.1) is 16.8 Å². The number of carbonyl (C=O) groups excluding carboxylic acids is 1. The van der Waals surface area contributed by atoms with Gasteiger partial charge < -0.3 is 20.0 Å². The number of piperazine rings is 1. The molecule has 3 aromatic rings. The highest BCUT2D eigenvalue weighted by atomic mass is 32.1. The predicted octanol–water partition coefficient (Wildman–Crippen LogP) is 2.52.